The number of furan rings is 1. The molecule has 1 N–H and O–H groups in total. The predicted octanol–water partition coefficient (Wildman–Crippen LogP) is 2.69. The van der Waals surface area contributed by atoms with E-state index in [0.717, 1.165) is 5.56 Å². The predicted molar refractivity (Wildman–Crippen MR) is 59.0 cm³/mol. The smallest absolute Gasteiger partial charge is 0.332 e. The molecule has 16 heavy (non-hydrogen) atoms. The Kier molecular flexibility index (Phi) is 4.12. The summed E-state index contributed by atoms with van der Waals surface area (Å²) in [4.78, 5) is 11.0. The average Bonchev–Trinajstić information content (AvgIpc) is 2.62. The van der Waals surface area contributed by atoms with Crippen molar-refractivity contribution >= 4 is 5.97 Å². The van der Waals surface area contributed by atoms with Crippen molar-refractivity contribution in [3.8, 4) is 0 Å². The Balaban J connectivity index is 2.49. The summed E-state index contributed by atoms with van der Waals surface area (Å²) < 4.78 is 10.2. The first-order chi connectivity index (χ1) is 7.38. The van der Waals surface area contributed by atoms with E-state index in [-0.39, 0.29) is 12.0 Å². The van der Waals surface area contributed by atoms with Crippen LogP contribution in [0.2, 0.25) is 0 Å². The highest BCUT2D eigenvalue weighted by atomic mass is 16.5. The van der Waals surface area contributed by atoms with E-state index in [9.17, 15) is 4.79 Å². The van der Waals surface area contributed by atoms with Crippen LogP contribution in [0.5, 0.6) is 0 Å². The van der Waals surface area contributed by atoms with Gasteiger partial charge in [0.15, 0.2) is 6.10 Å². The van der Waals surface area contributed by atoms with Crippen molar-refractivity contribution in [2.75, 3.05) is 0 Å². The molecule has 1 aromatic heterocycles. The monoisotopic (exact) mass is 226 g/mol. The van der Waals surface area contributed by atoms with E-state index in [0.29, 0.717) is 6.42 Å². The van der Waals surface area contributed by atoms with Gasteiger partial charge in [0.25, 0.3) is 0 Å². The summed E-state index contributed by atoms with van der Waals surface area (Å²) in [6, 6.07) is 1.76. The molecule has 0 fully saturated rings. The van der Waals surface area contributed by atoms with Crippen LogP contribution in [0.15, 0.2) is 23.0 Å². The molecular formula is C12H18O4. The molecule has 0 aromatic carbocycles. The van der Waals surface area contributed by atoms with Gasteiger partial charge in [-0.15, -0.1) is 0 Å². The summed E-state index contributed by atoms with van der Waals surface area (Å²) in [5.41, 5.74) is 0.777. The highest BCUT2D eigenvalue weighted by molar-refractivity contribution is 5.72. The van der Waals surface area contributed by atoms with Crippen molar-refractivity contribution < 1.29 is 19.1 Å². The highest BCUT2D eigenvalue weighted by Crippen LogP contribution is 2.23. The van der Waals surface area contributed by atoms with Gasteiger partial charge < -0.3 is 14.3 Å². The molecule has 0 aliphatic heterocycles. The molecule has 4 heteroatoms. The third-order valence-electron chi connectivity index (χ3n) is 2.10. The Morgan fingerprint density at radius 2 is 2.25 bits per heavy atom. The molecule has 0 saturated carbocycles. The zero-order valence-corrected chi connectivity index (χ0v) is 9.90. The van der Waals surface area contributed by atoms with Gasteiger partial charge in [0, 0.05) is 5.56 Å². The molecule has 1 unspecified atom stereocenters. The minimum absolute atomic E-state index is 0.0700. The first kappa shape index (κ1) is 12.8. The van der Waals surface area contributed by atoms with Gasteiger partial charge in [-0.3, -0.25) is 0 Å². The van der Waals surface area contributed by atoms with Crippen molar-refractivity contribution in [2.45, 2.75) is 39.9 Å². The number of carboxylic acids is 1. The summed E-state index contributed by atoms with van der Waals surface area (Å²) >= 11 is 0. The van der Waals surface area contributed by atoms with Crippen molar-refractivity contribution in [1.29, 1.82) is 0 Å². The summed E-state index contributed by atoms with van der Waals surface area (Å²) in [5.74, 6) is -0.918. The Bertz CT molecular complexity index is 321. The number of carboxylic acid groups (broad SMARTS) is 1. The third kappa shape index (κ3) is 4.49. The second-order valence-electron chi connectivity index (χ2n) is 5.03. The fourth-order valence-corrected chi connectivity index (χ4v) is 1.35. The van der Waals surface area contributed by atoms with E-state index >= 15 is 0 Å². The molecule has 0 spiro atoms. The van der Waals surface area contributed by atoms with Crippen LogP contribution >= 0.6 is 0 Å². The number of aliphatic carboxylic acids is 1. The van der Waals surface area contributed by atoms with Gasteiger partial charge in [-0.05, 0) is 17.9 Å². The normalized spacial score (nSPS) is 13.7. The molecule has 0 aliphatic rings. The van der Waals surface area contributed by atoms with Gasteiger partial charge in [-0.1, -0.05) is 20.8 Å². The first-order valence-corrected chi connectivity index (χ1v) is 5.24. The van der Waals surface area contributed by atoms with Crippen LogP contribution in [0.4, 0.5) is 0 Å². The zero-order chi connectivity index (χ0) is 12.2. The Morgan fingerprint density at radius 3 is 2.69 bits per heavy atom. The molecule has 0 amide bonds. The maximum Gasteiger partial charge on any atom is 0.332 e. The van der Waals surface area contributed by atoms with Gasteiger partial charge in [0.2, 0.25) is 0 Å². The SMILES string of the molecule is CC(C)(C)CC(OCc1ccoc1)C(=O)O. The van der Waals surface area contributed by atoms with Crippen LogP contribution in [-0.2, 0) is 16.1 Å². The number of rotatable bonds is 5. The quantitative estimate of drug-likeness (QED) is 0.838. The topological polar surface area (TPSA) is 59.7 Å². The van der Waals surface area contributed by atoms with Crippen LogP contribution in [0.25, 0.3) is 0 Å². The molecular weight excluding hydrogens is 208 g/mol. The molecule has 0 aliphatic carbocycles. The van der Waals surface area contributed by atoms with Gasteiger partial charge in [-0.25, -0.2) is 4.79 Å². The van der Waals surface area contributed by atoms with Gasteiger partial charge in [0.05, 0.1) is 19.1 Å². The number of hydrogen-bond donors (Lipinski definition) is 1. The largest absolute Gasteiger partial charge is 0.479 e. The molecule has 0 bridgehead atoms. The van der Waals surface area contributed by atoms with Crippen molar-refractivity contribution in [1.82, 2.24) is 0 Å². The molecule has 1 aromatic rings. The number of hydrogen-bond acceptors (Lipinski definition) is 3. The Labute approximate surface area is 95.2 Å². The molecule has 0 saturated heterocycles. The summed E-state index contributed by atoms with van der Waals surface area (Å²) in [6.07, 6.45) is 2.81. The van der Waals surface area contributed by atoms with E-state index in [1.54, 1.807) is 12.3 Å². The minimum atomic E-state index is -0.918. The van der Waals surface area contributed by atoms with Gasteiger partial charge in [0.1, 0.15) is 0 Å². The van der Waals surface area contributed by atoms with E-state index in [4.69, 9.17) is 14.3 Å². The lowest BCUT2D eigenvalue weighted by molar-refractivity contribution is -0.153. The van der Waals surface area contributed by atoms with E-state index in [2.05, 4.69) is 0 Å². The third-order valence-corrected chi connectivity index (χ3v) is 2.10. The fraction of sp³-hybridized carbons (Fsp3) is 0.583. The maximum atomic E-state index is 11.0. The lowest BCUT2D eigenvalue weighted by atomic mass is 9.89. The number of ether oxygens (including phenoxy) is 1. The van der Waals surface area contributed by atoms with E-state index in [1.165, 1.54) is 6.26 Å². The van der Waals surface area contributed by atoms with Crippen molar-refractivity contribution in [3.05, 3.63) is 24.2 Å². The highest BCUT2D eigenvalue weighted by Gasteiger charge is 2.25. The summed E-state index contributed by atoms with van der Waals surface area (Å²) in [5, 5.41) is 9.02. The molecule has 4 nitrogen and oxygen atoms in total. The molecule has 1 rings (SSSR count). The van der Waals surface area contributed by atoms with Crippen LogP contribution in [0, 0.1) is 5.41 Å². The summed E-state index contributed by atoms with van der Waals surface area (Å²) in [6.45, 7) is 6.24. The van der Waals surface area contributed by atoms with Crippen LogP contribution in [0.1, 0.15) is 32.8 Å². The lowest BCUT2D eigenvalue weighted by Crippen LogP contribution is -2.28. The van der Waals surface area contributed by atoms with Gasteiger partial charge in [-0.2, -0.15) is 0 Å². The van der Waals surface area contributed by atoms with E-state index in [1.807, 2.05) is 20.8 Å². The molecule has 1 atom stereocenters. The zero-order valence-electron chi connectivity index (χ0n) is 9.90. The second kappa shape index (κ2) is 5.16. The maximum absolute atomic E-state index is 11.0. The Morgan fingerprint density at radius 1 is 1.56 bits per heavy atom. The van der Waals surface area contributed by atoms with Crippen LogP contribution in [-0.4, -0.2) is 17.2 Å². The summed E-state index contributed by atoms with van der Waals surface area (Å²) in [7, 11) is 0. The molecule has 0 radical (unpaired) electrons. The standard InChI is InChI=1S/C12H18O4/c1-12(2,3)6-10(11(13)14)16-8-9-4-5-15-7-9/h4-5,7,10H,6,8H2,1-3H3,(H,13,14). The van der Waals surface area contributed by atoms with Gasteiger partial charge >= 0.3 is 5.97 Å². The second-order valence-corrected chi connectivity index (χ2v) is 5.03. The van der Waals surface area contributed by atoms with E-state index < -0.39 is 12.1 Å². The van der Waals surface area contributed by atoms with Crippen LogP contribution < -0.4 is 0 Å². The van der Waals surface area contributed by atoms with Crippen LogP contribution in [0.3, 0.4) is 0 Å². The minimum Gasteiger partial charge on any atom is -0.479 e. The first-order valence-electron chi connectivity index (χ1n) is 5.24. The molecule has 1 heterocycles. The fourth-order valence-electron chi connectivity index (χ4n) is 1.35. The molecule has 90 valence electrons. The Hall–Kier alpha value is -1.29. The number of carbonyl (C=O) groups is 1. The van der Waals surface area contributed by atoms with Crippen molar-refractivity contribution in [2.24, 2.45) is 5.41 Å². The average molecular weight is 226 g/mol. The lowest BCUT2D eigenvalue weighted by Gasteiger charge is -2.23. The van der Waals surface area contributed by atoms with Crippen molar-refractivity contribution in [3.63, 3.8) is 0 Å².